The van der Waals surface area contributed by atoms with E-state index in [1.54, 1.807) is 0 Å². The molecule has 78 valence electrons. The number of aliphatic hydroxyl groups is 3. The second kappa shape index (κ2) is 3.41. The van der Waals surface area contributed by atoms with Crippen molar-refractivity contribution in [3.8, 4) is 0 Å². The lowest BCUT2D eigenvalue weighted by Gasteiger charge is -2.35. The molecule has 1 saturated heterocycles. The summed E-state index contributed by atoms with van der Waals surface area (Å²) in [6.07, 6.45) is -13.1. The molecule has 3 N–H and O–H groups in total. The fourth-order valence-electron chi connectivity index (χ4n) is 1.12. The molecule has 0 aromatic rings. The first-order chi connectivity index (χ1) is 5.82. The van der Waals surface area contributed by atoms with Crippen molar-refractivity contribution in [2.75, 3.05) is 0 Å². The molecule has 4 atom stereocenters. The number of halogens is 3. The fraction of sp³-hybridized carbons (Fsp3) is 1.00. The van der Waals surface area contributed by atoms with Crippen molar-refractivity contribution in [3.63, 3.8) is 0 Å². The van der Waals surface area contributed by atoms with E-state index in [9.17, 15) is 13.2 Å². The highest BCUT2D eigenvalue weighted by Crippen LogP contribution is 2.31. The van der Waals surface area contributed by atoms with Crippen molar-refractivity contribution >= 4 is 0 Å². The number of alkyl halides is 3. The summed E-state index contributed by atoms with van der Waals surface area (Å²) in [4.78, 5) is 0. The van der Waals surface area contributed by atoms with Gasteiger partial charge in [-0.25, -0.2) is 0 Å². The molecule has 1 aliphatic heterocycles. The van der Waals surface area contributed by atoms with Gasteiger partial charge in [-0.05, 0) is 0 Å². The van der Waals surface area contributed by atoms with Gasteiger partial charge < -0.3 is 20.1 Å². The molecule has 1 aliphatic rings. The van der Waals surface area contributed by atoms with Crippen molar-refractivity contribution in [2.24, 2.45) is 0 Å². The van der Waals surface area contributed by atoms with Crippen LogP contribution in [0.1, 0.15) is 6.42 Å². The van der Waals surface area contributed by atoms with Gasteiger partial charge in [0.25, 0.3) is 0 Å². The van der Waals surface area contributed by atoms with E-state index in [2.05, 4.69) is 4.74 Å². The smallest absolute Gasteiger partial charge is 0.390 e. The Bertz CT molecular complexity index is 183. The Morgan fingerprint density at radius 2 is 1.69 bits per heavy atom. The zero-order chi connectivity index (χ0) is 10.2. The molecule has 4 nitrogen and oxygen atoms in total. The average molecular weight is 202 g/mol. The maximum atomic E-state index is 12.0. The minimum atomic E-state index is -4.79. The molecule has 1 heterocycles. The Hall–Kier alpha value is -0.370. The summed E-state index contributed by atoms with van der Waals surface area (Å²) in [5, 5.41) is 26.5. The van der Waals surface area contributed by atoms with Gasteiger partial charge >= 0.3 is 6.18 Å². The molecule has 0 radical (unpaired) electrons. The maximum Gasteiger partial charge on any atom is 0.417 e. The second-order valence-electron chi connectivity index (χ2n) is 2.85. The van der Waals surface area contributed by atoms with E-state index in [1.165, 1.54) is 0 Å². The van der Waals surface area contributed by atoms with E-state index in [-0.39, 0.29) is 0 Å². The lowest BCUT2D eigenvalue weighted by Crippen LogP contribution is -2.54. The lowest BCUT2D eigenvalue weighted by molar-refractivity contribution is -0.320. The van der Waals surface area contributed by atoms with Crippen LogP contribution in [-0.4, -0.2) is 46.1 Å². The highest BCUT2D eigenvalue weighted by molar-refractivity contribution is 4.86. The van der Waals surface area contributed by atoms with Gasteiger partial charge in [0.1, 0.15) is 6.10 Å². The third kappa shape index (κ3) is 2.31. The molecule has 0 saturated carbocycles. The number of ether oxygens (including phenoxy) is 1. The predicted octanol–water partition coefficient (Wildman–Crippen LogP) is -0.622. The fourth-order valence-corrected chi connectivity index (χ4v) is 1.12. The zero-order valence-electron chi connectivity index (χ0n) is 6.40. The first-order valence-electron chi connectivity index (χ1n) is 3.58. The first kappa shape index (κ1) is 10.7. The van der Waals surface area contributed by atoms with Crippen LogP contribution < -0.4 is 0 Å². The van der Waals surface area contributed by atoms with Crippen molar-refractivity contribution in [1.29, 1.82) is 0 Å². The van der Waals surface area contributed by atoms with Gasteiger partial charge in [0.15, 0.2) is 12.4 Å². The molecule has 0 spiro atoms. The van der Waals surface area contributed by atoms with Crippen LogP contribution in [0, 0.1) is 0 Å². The number of hydrogen-bond donors (Lipinski definition) is 3. The largest absolute Gasteiger partial charge is 0.417 e. The topological polar surface area (TPSA) is 69.9 Å². The molecule has 13 heavy (non-hydrogen) atoms. The number of rotatable bonds is 0. The minimum absolute atomic E-state index is 0.423. The minimum Gasteiger partial charge on any atom is -0.390 e. The summed E-state index contributed by atoms with van der Waals surface area (Å²) >= 11 is 0. The van der Waals surface area contributed by atoms with Gasteiger partial charge in [-0.3, -0.25) is 0 Å². The van der Waals surface area contributed by atoms with Crippen molar-refractivity contribution in [3.05, 3.63) is 0 Å². The van der Waals surface area contributed by atoms with E-state index >= 15 is 0 Å². The van der Waals surface area contributed by atoms with E-state index in [0.29, 0.717) is 0 Å². The molecule has 0 aromatic heterocycles. The Labute approximate surface area is 71.6 Å². The van der Waals surface area contributed by atoms with Crippen LogP contribution in [0.2, 0.25) is 0 Å². The predicted molar refractivity (Wildman–Crippen MR) is 33.6 cm³/mol. The first-order valence-corrected chi connectivity index (χ1v) is 3.58. The van der Waals surface area contributed by atoms with Crippen LogP contribution in [0.3, 0.4) is 0 Å². The normalized spacial score (nSPS) is 42.0. The number of aliphatic hydroxyl groups excluding tert-OH is 3. The molecular weight excluding hydrogens is 193 g/mol. The Kier molecular flexibility index (Phi) is 2.81. The van der Waals surface area contributed by atoms with Gasteiger partial charge in [-0.1, -0.05) is 0 Å². The quantitative estimate of drug-likeness (QED) is 0.489. The van der Waals surface area contributed by atoms with Crippen molar-refractivity contribution in [1.82, 2.24) is 0 Å². The van der Waals surface area contributed by atoms with Crippen LogP contribution >= 0.6 is 0 Å². The van der Waals surface area contributed by atoms with Gasteiger partial charge in [-0.15, -0.1) is 0 Å². The van der Waals surface area contributed by atoms with E-state index in [4.69, 9.17) is 15.3 Å². The van der Waals surface area contributed by atoms with E-state index in [1.807, 2.05) is 0 Å². The summed E-state index contributed by atoms with van der Waals surface area (Å²) in [6.45, 7) is 0. The van der Waals surface area contributed by atoms with Crippen LogP contribution in [0.15, 0.2) is 0 Å². The standard InChI is InChI=1S/C6H9F3O4/c7-6(8,9)5-4(12)2(10)1-3(11)13-5/h2-5,10-12H,1H2/t2-,3-,4-,5+/m0/s1. The lowest BCUT2D eigenvalue weighted by atomic mass is 10.0. The number of hydrogen-bond acceptors (Lipinski definition) is 4. The summed E-state index contributed by atoms with van der Waals surface area (Å²) < 4.78 is 40.1. The monoisotopic (exact) mass is 202 g/mol. The Morgan fingerprint density at radius 1 is 1.15 bits per heavy atom. The van der Waals surface area contributed by atoms with E-state index in [0.717, 1.165) is 0 Å². The van der Waals surface area contributed by atoms with E-state index < -0.39 is 37.2 Å². The van der Waals surface area contributed by atoms with Gasteiger partial charge in [0.2, 0.25) is 0 Å². The van der Waals surface area contributed by atoms with Crippen molar-refractivity contribution < 1.29 is 33.2 Å². The molecule has 7 heteroatoms. The zero-order valence-corrected chi connectivity index (χ0v) is 6.40. The highest BCUT2D eigenvalue weighted by Gasteiger charge is 2.51. The Balaban J connectivity index is 2.72. The molecule has 0 aliphatic carbocycles. The maximum absolute atomic E-state index is 12.0. The molecule has 1 rings (SSSR count). The summed E-state index contributed by atoms with van der Waals surface area (Å²) in [6, 6.07) is 0. The molecule has 0 aromatic carbocycles. The third-order valence-electron chi connectivity index (χ3n) is 1.77. The Morgan fingerprint density at radius 3 is 2.15 bits per heavy atom. The molecule has 1 fully saturated rings. The van der Waals surface area contributed by atoms with Crippen LogP contribution in [0.5, 0.6) is 0 Å². The summed E-state index contributed by atoms with van der Waals surface area (Å²) in [5.74, 6) is 0. The second-order valence-corrected chi connectivity index (χ2v) is 2.85. The highest BCUT2D eigenvalue weighted by atomic mass is 19.4. The van der Waals surface area contributed by atoms with Gasteiger partial charge in [-0.2, -0.15) is 13.2 Å². The van der Waals surface area contributed by atoms with Crippen LogP contribution in [-0.2, 0) is 4.74 Å². The third-order valence-corrected chi connectivity index (χ3v) is 1.77. The van der Waals surface area contributed by atoms with Crippen molar-refractivity contribution in [2.45, 2.75) is 37.2 Å². The van der Waals surface area contributed by atoms with Gasteiger partial charge in [0, 0.05) is 6.42 Å². The van der Waals surface area contributed by atoms with Crippen LogP contribution in [0.25, 0.3) is 0 Å². The molecule has 0 amide bonds. The van der Waals surface area contributed by atoms with Gasteiger partial charge in [0.05, 0.1) is 6.10 Å². The SMILES string of the molecule is O[C@@H]1[C@H](C(F)(F)F)O[C@H](O)C[C@@H]1O. The molecular formula is C6H9F3O4. The molecule has 0 unspecified atom stereocenters. The summed E-state index contributed by atoms with van der Waals surface area (Å²) in [5.41, 5.74) is 0. The molecule has 0 bridgehead atoms. The average Bonchev–Trinajstić information content (AvgIpc) is 1.94. The van der Waals surface area contributed by atoms with Crippen LogP contribution in [0.4, 0.5) is 13.2 Å². The summed E-state index contributed by atoms with van der Waals surface area (Å²) in [7, 11) is 0.